The Morgan fingerprint density at radius 2 is 2.13 bits per heavy atom. The fraction of sp³-hybridized carbons (Fsp3) is 0.500. The molecule has 1 aliphatic heterocycles. The molecule has 1 aromatic heterocycles. The number of nitrogens with zero attached hydrogens (tertiary/aromatic N) is 4. The minimum Gasteiger partial charge on any atom is -0.336 e. The molecule has 1 unspecified atom stereocenters. The maximum atomic E-state index is 12.8. The van der Waals surface area contributed by atoms with Crippen LogP contribution in [0.1, 0.15) is 46.6 Å². The Morgan fingerprint density at radius 3 is 2.83 bits per heavy atom. The fourth-order valence-electron chi connectivity index (χ4n) is 3.27. The van der Waals surface area contributed by atoms with Crippen molar-refractivity contribution in [2.45, 2.75) is 45.6 Å². The first-order chi connectivity index (χ1) is 11.1. The van der Waals surface area contributed by atoms with E-state index in [-0.39, 0.29) is 5.91 Å². The van der Waals surface area contributed by atoms with Crippen molar-refractivity contribution < 1.29 is 4.79 Å². The van der Waals surface area contributed by atoms with Crippen LogP contribution >= 0.6 is 0 Å². The molecule has 1 saturated heterocycles. The number of carbonyl (C=O) groups excluding carboxylic acids is 1. The number of aryl methyl sites for hydroxylation is 4. The Kier molecular flexibility index (Phi) is 4.46. The summed E-state index contributed by atoms with van der Waals surface area (Å²) in [6.07, 6.45) is 5.69. The van der Waals surface area contributed by atoms with Crippen molar-refractivity contribution in [3.63, 3.8) is 0 Å². The number of amides is 1. The van der Waals surface area contributed by atoms with E-state index < -0.39 is 0 Å². The second kappa shape index (κ2) is 6.52. The van der Waals surface area contributed by atoms with Crippen molar-refractivity contribution in [3.8, 4) is 0 Å². The summed E-state index contributed by atoms with van der Waals surface area (Å²) in [5.41, 5.74) is 3.20. The van der Waals surface area contributed by atoms with Gasteiger partial charge in [-0.05, 0) is 56.4 Å². The lowest BCUT2D eigenvalue weighted by Crippen LogP contribution is -2.36. The van der Waals surface area contributed by atoms with Gasteiger partial charge in [0.05, 0.1) is 0 Å². The first-order valence-corrected chi connectivity index (χ1v) is 8.27. The van der Waals surface area contributed by atoms with Crippen molar-refractivity contribution >= 4 is 5.91 Å². The highest BCUT2D eigenvalue weighted by Gasteiger charge is 2.29. The third-order valence-corrected chi connectivity index (χ3v) is 4.90. The van der Waals surface area contributed by atoms with Gasteiger partial charge >= 0.3 is 0 Å². The first kappa shape index (κ1) is 15.7. The summed E-state index contributed by atoms with van der Waals surface area (Å²) in [5, 5.41) is 8.05. The van der Waals surface area contributed by atoms with Gasteiger partial charge in [-0.1, -0.05) is 6.07 Å². The minimum atomic E-state index is 0.161. The molecule has 1 aromatic carbocycles. The maximum absolute atomic E-state index is 12.8. The molecule has 5 heteroatoms. The van der Waals surface area contributed by atoms with E-state index in [1.165, 1.54) is 11.1 Å². The number of hydrogen-bond donors (Lipinski definition) is 0. The lowest BCUT2D eigenvalue weighted by atomic mass is 10.0. The summed E-state index contributed by atoms with van der Waals surface area (Å²) in [6, 6.07) is 6.30. The number of likely N-dealkylation sites (tertiary alicyclic amines) is 1. The molecule has 0 radical (unpaired) electrons. The summed E-state index contributed by atoms with van der Waals surface area (Å²) >= 11 is 0. The summed E-state index contributed by atoms with van der Waals surface area (Å²) in [7, 11) is 1.96. The zero-order valence-electron chi connectivity index (χ0n) is 14.1. The highest BCUT2D eigenvalue weighted by molar-refractivity contribution is 5.94. The van der Waals surface area contributed by atoms with E-state index in [9.17, 15) is 4.79 Å². The molecular weight excluding hydrogens is 288 g/mol. The van der Waals surface area contributed by atoms with Crippen molar-refractivity contribution in [1.29, 1.82) is 0 Å². The van der Waals surface area contributed by atoms with Crippen LogP contribution in [-0.4, -0.2) is 38.2 Å². The lowest BCUT2D eigenvalue weighted by Gasteiger charge is -2.25. The van der Waals surface area contributed by atoms with E-state index in [1.807, 2.05) is 34.7 Å². The second-order valence-corrected chi connectivity index (χ2v) is 6.49. The molecule has 3 rings (SSSR count). The smallest absolute Gasteiger partial charge is 0.254 e. The van der Waals surface area contributed by atoms with Crippen LogP contribution in [0.3, 0.4) is 0 Å². The molecule has 1 atom stereocenters. The van der Waals surface area contributed by atoms with Crippen molar-refractivity contribution in [2.24, 2.45) is 7.05 Å². The molecule has 2 aromatic rings. The molecule has 1 fully saturated rings. The summed E-state index contributed by atoms with van der Waals surface area (Å²) in [6.45, 7) is 4.99. The predicted octanol–water partition coefficient (Wildman–Crippen LogP) is 2.67. The minimum absolute atomic E-state index is 0.161. The van der Waals surface area contributed by atoms with Crippen LogP contribution in [-0.2, 0) is 13.5 Å². The van der Waals surface area contributed by atoms with Crippen molar-refractivity contribution in [2.75, 3.05) is 6.54 Å². The van der Waals surface area contributed by atoms with Crippen molar-refractivity contribution in [1.82, 2.24) is 19.7 Å². The standard InChI is InChI=1S/C18H24N4O/c1-13-6-7-15(11-14(13)2)18(23)22-10-4-5-16(22)8-9-17-20-19-12-21(17)3/h6-7,11-12,16H,4-5,8-10H2,1-3H3. The molecule has 5 nitrogen and oxygen atoms in total. The van der Waals surface area contributed by atoms with Gasteiger partial charge in [0, 0.05) is 31.6 Å². The first-order valence-electron chi connectivity index (χ1n) is 8.27. The van der Waals surface area contributed by atoms with Gasteiger partial charge in [-0.25, -0.2) is 0 Å². The van der Waals surface area contributed by atoms with Gasteiger partial charge in [0.2, 0.25) is 0 Å². The van der Waals surface area contributed by atoms with E-state index in [1.54, 1.807) is 6.33 Å². The van der Waals surface area contributed by atoms with Crippen LogP contribution < -0.4 is 0 Å². The van der Waals surface area contributed by atoms with Gasteiger partial charge in [0.15, 0.2) is 0 Å². The monoisotopic (exact) mass is 312 g/mol. The van der Waals surface area contributed by atoms with E-state index in [0.717, 1.165) is 43.6 Å². The fourth-order valence-corrected chi connectivity index (χ4v) is 3.27. The Hall–Kier alpha value is -2.17. The molecule has 0 bridgehead atoms. The average molecular weight is 312 g/mol. The molecule has 23 heavy (non-hydrogen) atoms. The molecule has 1 amide bonds. The van der Waals surface area contributed by atoms with Crippen LogP contribution in [0, 0.1) is 13.8 Å². The zero-order valence-corrected chi connectivity index (χ0v) is 14.1. The van der Waals surface area contributed by atoms with Crippen LogP contribution in [0.15, 0.2) is 24.5 Å². The Balaban J connectivity index is 1.69. The van der Waals surface area contributed by atoms with Crippen LogP contribution in [0.2, 0.25) is 0 Å². The molecule has 0 saturated carbocycles. The van der Waals surface area contributed by atoms with Gasteiger partial charge in [-0.2, -0.15) is 0 Å². The maximum Gasteiger partial charge on any atom is 0.254 e. The summed E-state index contributed by atoms with van der Waals surface area (Å²) < 4.78 is 1.95. The predicted molar refractivity (Wildman–Crippen MR) is 89.3 cm³/mol. The molecular formula is C18H24N4O. The lowest BCUT2D eigenvalue weighted by molar-refractivity contribution is 0.0730. The van der Waals surface area contributed by atoms with Gasteiger partial charge in [-0.15, -0.1) is 10.2 Å². The zero-order chi connectivity index (χ0) is 16.4. The Bertz CT molecular complexity index is 707. The molecule has 2 heterocycles. The normalized spacial score (nSPS) is 17.7. The van der Waals surface area contributed by atoms with Crippen LogP contribution in [0.4, 0.5) is 0 Å². The Labute approximate surface area is 137 Å². The van der Waals surface area contributed by atoms with E-state index >= 15 is 0 Å². The largest absolute Gasteiger partial charge is 0.336 e. The molecule has 0 N–H and O–H groups in total. The summed E-state index contributed by atoms with van der Waals surface area (Å²) in [5.74, 6) is 1.14. The number of hydrogen-bond acceptors (Lipinski definition) is 3. The highest BCUT2D eigenvalue weighted by atomic mass is 16.2. The highest BCUT2D eigenvalue weighted by Crippen LogP contribution is 2.24. The summed E-state index contributed by atoms with van der Waals surface area (Å²) in [4.78, 5) is 14.9. The van der Waals surface area contributed by atoms with Gasteiger partial charge in [0.1, 0.15) is 12.2 Å². The molecule has 1 aliphatic rings. The number of rotatable bonds is 4. The second-order valence-electron chi connectivity index (χ2n) is 6.49. The third-order valence-electron chi connectivity index (χ3n) is 4.90. The third kappa shape index (κ3) is 3.28. The van der Waals surface area contributed by atoms with Gasteiger partial charge in [-0.3, -0.25) is 4.79 Å². The quantitative estimate of drug-likeness (QED) is 0.872. The average Bonchev–Trinajstić information content (AvgIpc) is 3.16. The SMILES string of the molecule is Cc1ccc(C(=O)N2CCCC2CCc2nncn2C)cc1C. The Morgan fingerprint density at radius 1 is 1.30 bits per heavy atom. The van der Waals surface area contributed by atoms with Crippen LogP contribution in [0.25, 0.3) is 0 Å². The van der Waals surface area contributed by atoms with Gasteiger partial charge in [0.25, 0.3) is 5.91 Å². The van der Waals surface area contributed by atoms with E-state index in [0.29, 0.717) is 6.04 Å². The van der Waals surface area contributed by atoms with E-state index in [4.69, 9.17) is 0 Å². The molecule has 0 spiro atoms. The number of aromatic nitrogens is 3. The topological polar surface area (TPSA) is 51.0 Å². The van der Waals surface area contributed by atoms with Crippen LogP contribution in [0.5, 0.6) is 0 Å². The number of carbonyl (C=O) groups is 1. The molecule has 0 aliphatic carbocycles. The van der Waals surface area contributed by atoms with Gasteiger partial charge < -0.3 is 9.47 Å². The van der Waals surface area contributed by atoms with E-state index in [2.05, 4.69) is 24.0 Å². The van der Waals surface area contributed by atoms with Crippen molar-refractivity contribution in [3.05, 3.63) is 47.0 Å². The number of benzene rings is 1. The molecule has 122 valence electrons.